The highest BCUT2D eigenvalue weighted by molar-refractivity contribution is 5.97. The molecular weight excluding hydrogens is 306 g/mol. The van der Waals surface area contributed by atoms with E-state index in [4.69, 9.17) is 5.11 Å². The number of aryl methyl sites for hydroxylation is 1. The average Bonchev–Trinajstić information content (AvgIpc) is 2.58. The van der Waals surface area contributed by atoms with Gasteiger partial charge in [-0.15, -0.1) is 0 Å². The number of aliphatic hydroxyl groups excluding tert-OH is 1. The largest absolute Gasteiger partial charge is 0.478 e. The van der Waals surface area contributed by atoms with Crippen molar-refractivity contribution in [2.45, 2.75) is 19.3 Å². The van der Waals surface area contributed by atoms with Gasteiger partial charge in [0.15, 0.2) is 0 Å². The summed E-state index contributed by atoms with van der Waals surface area (Å²) in [6.45, 7) is 2.16. The Morgan fingerprint density at radius 1 is 1.08 bits per heavy atom. The van der Waals surface area contributed by atoms with Crippen molar-refractivity contribution in [1.82, 2.24) is 5.32 Å². The van der Waals surface area contributed by atoms with Gasteiger partial charge in [0.25, 0.3) is 5.91 Å². The molecule has 0 aliphatic rings. The summed E-state index contributed by atoms with van der Waals surface area (Å²) in [5.41, 5.74) is 2.18. The summed E-state index contributed by atoms with van der Waals surface area (Å²) < 4.78 is 0. The molecule has 0 saturated heterocycles. The maximum absolute atomic E-state index is 12.3. The lowest BCUT2D eigenvalue weighted by Crippen LogP contribution is -2.29. The molecule has 0 fully saturated rings. The molecule has 5 nitrogen and oxygen atoms in total. The summed E-state index contributed by atoms with van der Waals surface area (Å²) in [7, 11) is 0. The van der Waals surface area contributed by atoms with Crippen molar-refractivity contribution in [2.24, 2.45) is 0 Å². The van der Waals surface area contributed by atoms with E-state index in [1.807, 2.05) is 30.3 Å². The molecule has 0 aliphatic carbocycles. The van der Waals surface area contributed by atoms with Gasteiger partial charge in [0.1, 0.15) is 0 Å². The molecule has 0 aromatic heterocycles. The molecule has 1 amide bonds. The third kappa shape index (κ3) is 4.67. The second-order valence-corrected chi connectivity index (χ2v) is 5.72. The number of carbonyl (C=O) groups excluding carboxylic acids is 1. The normalized spacial score (nSPS) is 11.8. The summed E-state index contributed by atoms with van der Waals surface area (Å²) >= 11 is 0. The molecule has 2 rings (SSSR count). The zero-order valence-electron chi connectivity index (χ0n) is 13.5. The lowest BCUT2D eigenvalue weighted by Gasteiger charge is -2.17. The van der Waals surface area contributed by atoms with Crippen LogP contribution in [-0.2, 0) is 0 Å². The minimum absolute atomic E-state index is 0.00361. The molecule has 1 unspecified atom stereocenters. The first-order valence-corrected chi connectivity index (χ1v) is 7.80. The van der Waals surface area contributed by atoms with E-state index in [0.717, 1.165) is 11.1 Å². The van der Waals surface area contributed by atoms with Crippen LogP contribution in [-0.4, -0.2) is 35.2 Å². The molecule has 126 valence electrons. The van der Waals surface area contributed by atoms with E-state index in [2.05, 4.69) is 5.32 Å². The average molecular weight is 327 g/mol. The molecule has 24 heavy (non-hydrogen) atoms. The highest BCUT2D eigenvalue weighted by Gasteiger charge is 2.15. The Bertz CT molecular complexity index is 713. The van der Waals surface area contributed by atoms with Gasteiger partial charge in [-0.3, -0.25) is 4.79 Å². The van der Waals surface area contributed by atoms with Crippen LogP contribution in [0.4, 0.5) is 0 Å². The SMILES string of the molecule is Cc1cc(C(=O)O)cc(C(=O)NCC(CCO)c2ccccc2)c1. The number of hydrogen-bond donors (Lipinski definition) is 3. The molecule has 0 radical (unpaired) electrons. The molecule has 0 saturated carbocycles. The van der Waals surface area contributed by atoms with Gasteiger partial charge in [-0.2, -0.15) is 0 Å². The lowest BCUT2D eigenvalue weighted by atomic mass is 9.96. The van der Waals surface area contributed by atoms with Crippen LogP contribution in [0.25, 0.3) is 0 Å². The van der Waals surface area contributed by atoms with Crippen LogP contribution < -0.4 is 5.32 Å². The highest BCUT2D eigenvalue weighted by atomic mass is 16.4. The van der Waals surface area contributed by atoms with Crippen LogP contribution in [0.5, 0.6) is 0 Å². The number of amides is 1. The Kier molecular flexibility index (Phi) is 6.09. The molecule has 0 heterocycles. The standard InChI is InChI=1S/C19H21NO4/c1-13-9-16(11-17(10-13)19(23)24)18(22)20-12-15(7-8-21)14-5-3-2-4-6-14/h2-6,9-11,15,21H,7-8,12H2,1H3,(H,20,22)(H,23,24). The van der Waals surface area contributed by atoms with Crippen LogP contribution in [0.2, 0.25) is 0 Å². The van der Waals surface area contributed by atoms with Gasteiger partial charge in [0.05, 0.1) is 5.56 Å². The molecular formula is C19H21NO4. The van der Waals surface area contributed by atoms with Crippen molar-refractivity contribution in [3.63, 3.8) is 0 Å². The Morgan fingerprint density at radius 3 is 2.38 bits per heavy atom. The summed E-state index contributed by atoms with van der Waals surface area (Å²) in [6, 6.07) is 14.2. The zero-order chi connectivity index (χ0) is 17.5. The second-order valence-electron chi connectivity index (χ2n) is 5.72. The molecule has 0 bridgehead atoms. The van der Waals surface area contributed by atoms with Gasteiger partial charge in [-0.1, -0.05) is 30.3 Å². The molecule has 3 N–H and O–H groups in total. The van der Waals surface area contributed by atoms with Crippen molar-refractivity contribution < 1.29 is 19.8 Å². The first-order valence-electron chi connectivity index (χ1n) is 7.80. The number of carboxylic acids is 1. The number of hydrogen-bond acceptors (Lipinski definition) is 3. The molecule has 2 aromatic carbocycles. The number of aliphatic hydroxyl groups is 1. The summed E-state index contributed by atoms with van der Waals surface area (Å²) in [5, 5.41) is 21.2. The monoisotopic (exact) mass is 327 g/mol. The Balaban J connectivity index is 2.10. The van der Waals surface area contributed by atoms with Gasteiger partial charge in [0, 0.05) is 24.6 Å². The van der Waals surface area contributed by atoms with E-state index in [0.29, 0.717) is 18.5 Å². The topological polar surface area (TPSA) is 86.6 Å². The van der Waals surface area contributed by atoms with Gasteiger partial charge in [0.2, 0.25) is 0 Å². The fourth-order valence-corrected chi connectivity index (χ4v) is 2.62. The van der Waals surface area contributed by atoms with Crippen molar-refractivity contribution >= 4 is 11.9 Å². The first-order chi connectivity index (χ1) is 11.5. The summed E-state index contributed by atoms with van der Waals surface area (Å²) in [6.07, 6.45) is 0.540. The number of carbonyl (C=O) groups is 2. The van der Waals surface area contributed by atoms with E-state index in [-0.39, 0.29) is 24.0 Å². The Hall–Kier alpha value is -2.66. The number of nitrogens with one attached hydrogen (secondary N) is 1. The number of benzene rings is 2. The van der Waals surface area contributed by atoms with Crippen LogP contribution in [0, 0.1) is 6.92 Å². The van der Waals surface area contributed by atoms with E-state index in [1.54, 1.807) is 13.0 Å². The maximum Gasteiger partial charge on any atom is 0.335 e. The van der Waals surface area contributed by atoms with Crippen LogP contribution >= 0.6 is 0 Å². The maximum atomic E-state index is 12.3. The van der Waals surface area contributed by atoms with Crippen molar-refractivity contribution in [1.29, 1.82) is 0 Å². The summed E-state index contributed by atoms with van der Waals surface area (Å²) in [4.78, 5) is 23.4. The van der Waals surface area contributed by atoms with E-state index in [9.17, 15) is 14.7 Å². The highest BCUT2D eigenvalue weighted by Crippen LogP contribution is 2.18. The van der Waals surface area contributed by atoms with Crippen LogP contribution in [0.1, 0.15) is 44.2 Å². The number of aromatic carboxylic acids is 1. The molecule has 2 aromatic rings. The van der Waals surface area contributed by atoms with Crippen LogP contribution in [0.15, 0.2) is 48.5 Å². The smallest absolute Gasteiger partial charge is 0.335 e. The minimum atomic E-state index is -1.06. The van der Waals surface area contributed by atoms with Gasteiger partial charge >= 0.3 is 5.97 Å². The van der Waals surface area contributed by atoms with Gasteiger partial charge in [-0.05, 0) is 42.7 Å². The third-order valence-corrected chi connectivity index (χ3v) is 3.84. The number of carboxylic acid groups (broad SMARTS) is 1. The van der Waals surface area contributed by atoms with Crippen molar-refractivity contribution in [3.8, 4) is 0 Å². The Labute approximate surface area is 141 Å². The quantitative estimate of drug-likeness (QED) is 0.729. The molecule has 1 atom stereocenters. The molecule has 0 spiro atoms. The van der Waals surface area contributed by atoms with E-state index >= 15 is 0 Å². The first kappa shape index (κ1) is 17.7. The third-order valence-electron chi connectivity index (χ3n) is 3.84. The lowest BCUT2D eigenvalue weighted by molar-refractivity contribution is 0.0696. The van der Waals surface area contributed by atoms with E-state index in [1.165, 1.54) is 12.1 Å². The second kappa shape index (κ2) is 8.26. The van der Waals surface area contributed by atoms with Crippen molar-refractivity contribution in [2.75, 3.05) is 13.2 Å². The van der Waals surface area contributed by atoms with Gasteiger partial charge in [-0.25, -0.2) is 4.79 Å². The molecule has 5 heteroatoms. The zero-order valence-corrected chi connectivity index (χ0v) is 13.5. The fourth-order valence-electron chi connectivity index (χ4n) is 2.62. The van der Waals surface area contributed by atoms with E-state index < -0.39 is 5.97 Å². The predicted molar refractivity (Wildman–Crippen MR) is 91.4 cm³/mol. The molecule has 0 aliphatic heterocycles. The van der Waals surface area contributed by atoms with Gasteiger partial charge < -0.3 is 15.5 Å². The van der Waals surface area contributed by atoms with Crippen molar-refractivity contribution in [3.05, 3.63) is 70.8 Å². The number of rotatable bonds is 7. The minimum Gasteiger partial charge on any atom is -0.478 e. The predicted octanol–water partition coefficient (Wildman–Crippen LogP) is 2.59. The Morgan fingerprint density at radius 2 is 1.75 bits per heavy atom. The summed E-state index contributed by atoms with van der Waals surface area (Å²) in [5.74, 6) is -1.38. The fraction of sp³-hybridized carbons (Fsp3) is 0.263. The van der Waals surface area contributed by atoms with Crippen LogP contribution in [0.3, 0.4) is 0 Å².